The maximum Gasteiger partial charge on any atom is 0.269 e. The van der Waals surface area contributed by atoms with Crippen LogP contribution in [0.4, 0.5) is 0 Å². The van der Waals surface area contributed by atoms with Crippen LogP contribution in [0.1, 0.15) is 34.3 Å². The van der Waals surface area contributed by atoms with Gasteiger partial charge in [-0.1, -0.05) is 12.1 Å². The van der Waals surface area contributed by atoms with E-state index in [1.165, 1.54) is 11.8 Å². The third kappa shape index (κ3) is 3.54. The minimum absolute atomic E-state index is 0.143. The lowest BCUT2D eigenvalue weighted by molar-refractivity contribution is 0.584. The third-order valence-electron chi connectivity index (χ3n) is 6.99. The maximum atomic E-state index is 10.3. The van der Waals surface area contributed by atoms with E-state index >= 15 is 0 Å². The Morgan fingerprint density at radius 2 is 1.49 bits per heavy atom. The molecule has 0 saturated heterocycles. The molecule has 0 aliphatic carbocycles. The Hall–Kier alpha value is -4.89. The smallest absolute Gasteiger partial charge is 0.269 e. The fourth-order valence-electron chi connectivity index (χ4n) is 5.11. The first kappa shape index (κ1) is 24.5. The van der Waals surface area contributed by atoms with Crippen LogP contribution in [0, 0.1) is 45.6 Å². The summed E-state index contributed by atoms with van der Waals surface area (Å²) in [5.74, 6) is 0.316. The maximum absolute atomic E-state index is 10.3. The van der Waals surface area contributed by atoms with Crippen LogP contribution >= 0.6 is 0 Å². The first-order valence-corrected chi connectivity index (χ1v) is 12.1. The molecule has 39 heavy (non-hydrogen) atoms. The first-order chi connectivity index (χ1) is 18.8. The molecule has 0 amide bonds. The lowest BCUT2D eigenvalue weighted by atomic mass is 9.66. The van der Waals surface area contributed by atoms with Gasteiger partial charge in [0.15, 0.2) is 18.5 Å². The van der Waals surface area contributed by atoms with Crippen molar-refractivity contribution in [3.8, 4) is 6.07 Å². The molecule has 0 unspecified atom stereocenters. The Balaban J connectivity index is 1.77. The highest BCUT2D eigenvalue weighted by atomic mass is 16.4. The Morgan fingerprint density at radius 1 is 0.923 bits per heavy atom. The van der Waals surface area contributed by atoms with E-state index in [0.29, 0.717) is 55.1 Å². The predicted octanol–water partition coefficient (Wildman–Crippen LogP) is 3.24. The minimum Gasteiger partial charge on any atom is -0.447 e. The summed E-state index contributed by atoms with van der Waals surface area (Å²) in [6.45, 7) is 15.6. The fraction of sp³-hybridized carbons (Fsp3) is 0.143. The topological polar surface area (TPSA) is 90.1 Å². The van der Waals surface area contributed by atoms with Gasteiger partial charge in [-0.05, 0) is 63.1 Å². The molecule has 181 valence electrons. The van der Waals surface area contributed by atoms with Crippen molar-refractivity contribution in [2.45, 2.75) is 27.7 Å². The number of nitrogens with zero attached hydrogens (tertiary/aromatic N) is 6. The molecule has 2 aromatic carbocycles. The molecule has 6 aromatic rings. The van der Waals surface area contributed by atoms with Crippen molar-refractivity contribution in [3.63, 3.8) is 0 Å². The molecular weight excluding hydrogens is 485 g/mol. The quantitative estimate of drug-likeness (QED) is 0.274. The second-order valence-corrected chi connectivity index (χ2v) is 9.43. The van der Waals surface area contributed by atoms with Crippen molar-refractivity contribution in [1.82, 2.24) is 18.9 Å². The van der Waals surface area contributed by atoms with Crippen molar-refractivity contribution < 1.29 is 8.83 Å². The summed E-state index contributed by atoms with van der Waals surface area (Å²) in [6, 6.07) is 13.5. The molecule has 0 bridgehead atoms. The SMILES string of the molecule is [B][B]n1c(C)c2/c(=C(\[N+]#[C-])c3nc4cc(C)ccc4o3)n([B])c(C)c2/c1=C(\C#N)c1nc2cc(C)ccc2o1. The average molecular weight is 503 g/mol. The molecule has 11 heteroatoms. The summed E-state index contributed by atoms with van der Waals surface area (Å²) in [5.41, 5.74) is 6.09. The third-order valence-corrected chi connectivity index (χ3v) is 6.99. The van der Waals surface area contributed by atoms with Gasteiger partial charge >= 0.3 is 0 Å². The van der Waals surface area contributed by atoms with E-state index < -0.39 is 0 Å². The van der Waals surface area contributed by atoms with Gasteiger partial charge in [-0.3, -0.25) is 0 Å². The molecule has 0 N–H and O–H groups in total. The Morgan fingerprint density at radius 3 is 2.05 bits per heavy atom. The molecule has 5 radical (unpaired) electrons. The summed E-state index contributed by atoms with van der Waals surface area (Å²) < 4.78 is 15.1. The summed E-state index contributed by atoms with van der Waals surface area (Å²) >= 11 is 0. The highest BCUT2D eigenvalue weighted by Gasteiger charge is 2.24. The number of nitriles is 1. The number of aryl methyl sites for hydroxylation is 4. The molecular formula is C28H18B3N6O2. The minimum atomic E-state index is 0.143. The summed E-state index contributed by atoms with van der Waals surface area (Å²) in [5, 5.41) is 12.5. The van der Waals surface area contributed by atoms with E-state index in [4.69, 9.17) is 31.1 Å². The van der Waals surface area contributed by atoms with Gasteiger partial charge in [0.05, 0.1) is 11.9 Å². The van der Waals surface area contributed by atoms with E-state index in [0.717, 1.165) is 11.1 Å². The number of hydrogen-bond donors (Lipinski definition) is 0. The van der Waals surface area contributed by atoms with Gasteiger partial charge < -0.3 is 17.8 Å². The van der Waals surface area contributed by atoms with Gasteiger partial charge in [0.2, 0.25) is 19.8 Å². The van der Waals surface area contributed by atoms with Gasteiger partial charge in [-0.25, -0.2) is 14.8 Å². The Labute approximate surface area is 226 Å². The zero-order valence-electron chi connectivity index (χ0n) is 21.7. The zero-order chi connectivity index (χ0) is 27.6. The number of oxazole rings is 2. The second kappa shape index (κ2) is 8.85. The van der Waals surface area contributed by atoms with E-state index in [1.54, 1.807) is 4.48 Å². The second-order valence-electron chi connectivity index (χ2n) is 9.43. The predicted molar refractivity (Wildman–Crippen MR) is 151 cm³/mol. The van der Waals surface area contributed by atoms with Crippen molar-refractivity contribution >= 4 is 67.3 Å². The van der Waals surface area contributed by atoms with Crippen molar-refractivity contribution in [1.29, 1.82) is 5.26 Å². The normalized spacial score (nSPS) is 13.1. The summed E-state index contributed by atoms with van der Waals surface area (Å²) in [4.78, 5) is 13.0. The van der Waals surface area contributed by atoms with Gasteiger partial charge in [0, 0.05) is 35.2 Å². The summed E-state index contributed by atoms with van der Waals surface area (Å²) in [7, 11) is 14.0. The van der Waals surface area contributed by atoms with Gasteiger partial charge in [-0.2, -0.15) is 5.26 Å². The first-order valence-electron chi connectivity index (χ1n) is 12.1. The highest BCUT2D eigenvalue weighted by Crippen LogP contribution is 2.26. The number of hydrogen-bond acceptors (Lipinski definition) is 5. The number of benzene rings is 2. The zero-order valence-corrected chi connectivity index (χ0v) is 21.7. The lowest BCUT2D eigenvalue weighted by Gasteiger charge is -2.07. The highest BCUT2D eigenvalue weighted by molar-refractivity contribution is 6.88. The molecule has 6 rings (SSSR count). The molecule has 0 fully saturated rings. The van der Waals surface area contributed by atoms with Crippen LogP contribution in [-0.2, 0) is 0 Å². The largest absolute Gasteiger partial charge is 0.447 e. The molecule has 4 aromatic heterocycles. The standard InChI is InChI=1S/C28H18B3N6O2/c1-13-6-8-20-18(10-13)34-27(38-20)17(12-32)25-22-15(3)36(30)26(23(22)16(4)37(25)31-29)24(33-5)28-35-19-11-14(2)7-9-21(19)39-28/h6-11H,1-4H3/b25-17-,26-24+. The Kier molecular flexibility index (Phi) is 5.55. The van der Waals surface area contributed by atoms with Crippen LogP contribution in [0.2, 0.25) is 0 Å². The molecule has 0 aliphatic rings. The molecule has 0 atom stereocenters. The van der Waals surface area contributed by atoms with Crippen molar-refractivity contribution in [2.75, 3.05) is 0 Å². The van der Waals surface area contributed by atoms with Crippen LogP contribution in [-0.4, -0.2) is 41.9 Å². The Bertz CT molecular complexity index is 2200. The number of rotatable bonds is 3. The average Bonchev–Trinajstić information content (AvgIpc) is 3.64. The van der Waals surface area contributed by atoms with Gasteiger partial charge in [-0.15, -0.1) is 0 Å². The van der Waals surface area contributed by atoms with E-state index in [-0.39, 0.29) is 23.1 Å². The monoisotopic (exact) mass is 503 g/mol. The lowest BCUT2D eigenvalue weighted by Crippen LogP contribution is -2.27. The molecule has 0 saturated carbocycles. The van der Waals surface area contributed by atoms with E-state index in [9.17, 15) is 5.26 Å². The number of fused-ring (bicyclic) bond motifs is 3. The van der Waals surface area contributed by atoms with Crippen LogP contribution in [0.5, 0.6) is 0 Å². The van der Waals surface area contributed by atoms with Crippen LogP contribution in [0.15, 0.2) is 45.2 Å². The summed E-state index contributed by atoms with van der Waals surface area (Å²) in [6.07, 6.45) is 0. The van der Waals surface area contributed by atoms with Crippen molar-refractivity contribution in [2.24, 2.45) is 0 Å². The molecule has 0 spiro atoms. The van der Waals surface area contributed by atoms with Gasteiger partial charge in [0.25, 0.3) is 5.70 Å². The van der Waals surface area contributed by atoms with Crippen LogP contribution in [0.25, 0.3) is 49.1 Å². The van der Waals surface area contributed by atoms with Crippen LogP contribution in [0.3, 0.4) is 0 Å². The van der Waals surface area contributed by atoms with Crippen LogP contribution < -0.4 is 10.7 Å². The van der Waals surface area contributed by atoms with E-state index in [1.807, 2.05) is 64.1 Å². The molecule has 0 aliphatic heterocycles. The number of aromatic nitrogens is 4. The van der Waals surface area contributed by atoms with Gasteiger partial charge in [0.1, 0.15) is 22.7 Å². The van der Waals surface area contributed by atoms with E-state index in [2.05, 4.69) is 20.9 Å². The molecule has 8 nitrogen and oxygen atoms in total. The fourth-order valence-corrected chi connectivity index (χ4v) is 5.11. The molecule has 4 heterocycles. The van der Waals surface area contributed by atoms with Crippen molar-refractivity contribution in [3.05, 3.63) is 92.8 Å².